The molecule has 0 aliphatic heterocycles. The monoisotopic (exact) mass is 484 g/mol. The normalized spacial score (nSPS) is 10.8. The van der Waals surface area contributed by atoms with E-state index in [0.29, 0.717) is 26.4 Å². The first-order valence-electron chi connectivity index (χ1n) is 9.50. The Hall–Kier alpha value is -1.78. The van der Waals surface area contributed by atoms with E-state index in [1.807, 2.05) is 24.3 Å². The van der Waals surface area contributed by atoms with Crippen molar-refractivity contribution in [1.29, 1.82) is 0 Å². The summed E-state index contributed by atoms with van der Waals surface area (Å²) in [5, 5.41) is 4.99. The molecule has 0 unspecified atom stereocenters. The number of nitrogens with one attached hydrogen (secondary N) is 1. The number of imidazole rings is 1. The Morgan fingerprint density at radius 3 is 2.50 bits per heavy atom. The van der Waals surface area contributed by atoms with E-state index in [-0.39, 0.29) is 51.4 Å². The van der Waals surface area contributed by atoms with Crippen molar-refractivity contribution in [2.24, 2.45) is 0 Å². The van der Waals surface area contributed by atoms with Gasteiger partial charge in [-0.15, -0.1) is 0 Å². The average Bonchev–Trinajstić information content (AvgIpc) is 3.18. The Morgan fingerprint density at radius 2 is 1.72 bits per heavy atom. The molecule has 154 valence electrons. The van der Waals surface area contributed by atoms with Gasteiger partial charge in [0.15, 0.2) is 5.16 Å². The average molecular weight is 485 g/mol. The third-order valence-electron chi connectivity index (χ3n) is 4.96. The van der Waals surface area contributed by atoms with Crippen LogP contribution >= 0.6 is 24.0 Å². The summed E-state index contributed by atoms with van der Waals surface area (Å²) in [6.45, 7) is 0. The van der Waals surface area contributed by atoms with E-state index in [4.69, 9.17) is 21.7 Å². The summed E-state index contributed by atoms with van der Waals surface area (Å²) in [5.74, 6) is 0.297. The number of aromatic amines is 1. The molecule has 0 fully saturated rings. The molecule has 0 spiro atoms. The van der Waals surface area contributed by atoms with Gasteiger partial charge in [-0.2, -0.15) is 0 Å². The number of aromatic nitrogens is 2. The van der Waals surface area contributed by atoms with Gasteiger partial charge in [0, 0.05) is 5.39 Å². The summed E-state index contributed by atoms with van der Waals surface area (Å²) in [5.41, 5.74) is 1.90. The number of nitrogens with zero attached hydrogens (tertiary/aromatic N) is 1. The topological polar surface area (TPSA) is 64.2 Å². The SMILES string of the molecule is COC(=O)c1ccc2[nH]c(SC(=S)Oc3cccc4cc5ccccc5cc34)nc2c1.[KH]. The standard InChI is InChI=1S/C24H16N2O3S2.K.H/c1-28-22(27)17-9-10-19-20(13-17)26-23(25-19)31-24(30)29-21-8-4-7-16-11-14-5-2-3-6-15(14)12-18(16)21;;/h2-13H,1H3,(H,25,26);;. The number of benzene rings is 4. The number of carbonyl (C=O) groups is 1. The van der Waals surface area contributed by atoms with E-state index in [0.717, 1.165) is 21.7 Å². The number of thioether (sulfide) groups is 1. The number of hydrogen-bond acceptors (Lipinski definition) is 6. The van der Waals surface area contributed by atoms with Crippen LogP contribution < -0.4 is 4.74 Å². The van der Waals surface area contributed by atoms with Gasteiger partial charge in [0.25, 0.3) is 0 Å². The van der Waals surface area contributed by atoms with E-state index in [9.17, 15) is 4.79 Å². The number of rotatable bonds is 3. The molecule has 4 aromatic carbocycles. The molecule has 32 heavy (non-hydrogen) atoms. The second-order valence-corrected chi connectivity index (χ2v) is 8.49. The summed E-state index contributed by atoms with van der Waals surface area (Å²) in [4.78, 5) is 19.4. The summed E-state index contributed by atoms with van der Waals surface area (Å²) in [6.07, 6.45) is 0. The van der Waals surface area contributed by atoms with Crippen molar-refractivity contribution in [3.05, 3.63) is 78.4 Å². The zero-order valence-electron chi connectivity index (χ0n) is 16.4. The Kier molecular flexibility index (Phi) is 7.31. The molecule has 5 aromatic rings. The van der Waals surface area contributed by atoms with Gasteiger partial charge in [0.05, 0.1) is 23.7 Å². The van der Waals surface area contributed by atoms with Crippen molar-refractivity contribution < 1.29 is 14.3 Å². The number of esters is 1. The number of methoxy groups -OCH3 is 1. The Morgan fingerprint density at radius 1 is 0.969 bits per heavy atom. The molecule has 0 atom stereocenters. The molecular weight excluding hydrogens is 468 g/mol. The van der Waals surface area contributed by atoms with Crippen molar-refractivity contribution in [2.75, 3.05) is 7.11 Å². The molecule has 5 nitrogen and oxygen atoms in total. The van der Waals surface area contributed by atoms with E-state index >= 15 is 0 Å². The molecule has 1 aromatic heterocycles. The molecule has 1 N–H and O–H groups in total. The van der Waals surface area contributed by atoms with E-state index in [1.54, 1.807) is 18.2 Å². The number of H-pyrrole nitrogens is 1. The number of ether oxygens (including phenoxy) is 2. The number of fused-ring (bicyclic) bond motifs is 3. The Bertz CT molecular complexity index is 1480. The molecule has 0 amide bonds. The van der Waals surface area contributed by atoms with Crippen molar-refractivity contribution >= 4 is 118 Å². The Labute approximate surface area is 236 Å². The van der Waals surface area contributed by atoms with Crippen molar-refractivity contribution in [3.63, 3.8) is 0 Å². The van der Waals surface area contributed by atoms with Crippen LogP contribution in [0.1, 0.15) is 10.4 Å². The fourth-order valence-electron chi connectivity index (χ4n) is 3.49. The second-order valence-electron chi connectivity index (χ2n) is 6.90. The molecule has 0 radical (unpaired) electrons. The van der Waals surface area contributed by atoms with Gasteiger partial charge in [-0.1, -0.05) is 36.4 Å². The van der Waals surface area contributed by atoms with Gasteiger partial charge in [-0.05, 0) is 76.5 Å². The zero-order chi connectivity index (χ0) is 21.4. The van der Waals surface area contributed by atoms with Gasteiger partial charge in [-0.3, -0.25) is 0 Å². The number of carbonyl (C=O) groups excluding carboxylic acids is 1. The predicted octanol–water partition coefficient (Wildman–Crippen LogP) is 5.46. The second kappa shape index (κ2) is 10.0. The molecule has 0 saturated heterocycles. The molecule has 0 aliphatic rings. The number of hydrogen-bond donors (Lipinski definition) is 1. The fourth-order valence-corrected chi connectivity index (χ4v) is 4.41. The minimum absolute atomic E-state index is 0. The fraction of sp³-hybridized carbons (Fsp3) is 0.0417. The third-order valence-corrected chi connectivity index (χ3v) is 5.93. The first-order chi connectivity index (χ1) is 15.1. The van der Waals surface area contributed by atoms with Crippen LogP contribution in [0, 0.1) is 0 Å². The van der Waals surface area contributed by atoms with Crippen molar-refractivity contribution in [1.82, 2.24) is 9.97 Å². The van der Waals surface area contributed by atoms with E-state index in [1.165, 1.54) is 24.3 Å². The van der Waals surface area contributed by atoms with Gasteiger partial charge in [-0.25, -0.2) is 9.78 Å². The quantitative estimate of drug-likeness (QED) is 0.121. The maximum atomic E-state index is 11.7. The first kappa shape index (κ1) is 23.4. The van der Waals surface area contributed by atoms with Crippen LogP contribution in [0.15, 0.2) is 78.0 Å². The maximum absolute atomic E-state index is 11.7. The van der Waals surface area contributed by atoms with E-state index in [2.05, 4.69) is 40.3 Å². The van der Waals surface area contributed by atoms with Gasteiger partial charge in [0.2, 0.25) is 4.38 Å². The predicted molar refractivity (Wildman–Crippen MR) is 135 cm³/mol. The van der Waals surface area contributed by atoms with Crippen LogP contribution in [0.25, 0.3) is 32.6 Å². The third kappa shape index (κ3) is 4.77. The number of thiocarbonyl (C=S) groups is 1. The van der Waals surface area contributed by atoms with Crippen molar-refractivity contribution in [2.45, 2.75) is 5.16 Å². The van der Waals surface area contributed by atoms with Crippen LogP contribution in [-0.4, -0.2) is 78.8 Å². The van der Waals surface area contributed by atoms with Crippen LogP contribution in [0.4, 0.5) is 0 Å². The van der Waals surface area contributed by atoms with E-state index < -0.39 is 5.97 Å². The molecule has 0 aliphatic carbocycles. The summed E-state index contributed by atoms with van der Waals surface area (Å²) >= 11 is 6.70. The van der Waals surface area contributed by atoms with Crippen LogP contribution in [-0.2, 0) is 4.74 Å². The molecule has 1 heterocycles. The summed E-state index contributed by atoms with van der Waals surface area (Å²) < 4.78 is 11.1. The summed E-state index contributed by atoms with van der Waals surface area (Å²) in [7, 11) is 1.35. The van der Waals surface area contributed by atoms with Crippen molar-refractivity contribution in [3.8, 4) is 5.75 Å². The first-order valence-corrected chi connectivity index (χ1v) is 10.7. The zero-order valence-corrected chi connectivity index (χ0v) is 18.0. The molecule has 8 heteroatoms. The molecule has 0 saturated carbocycles. The molecule has 0 bridgehead atoms. The Balaban J connectivity index is 0.00000245. The van der Waals surface area contributed by atoms with Gasteiger partial charge >= 0.3 is 57.4 Å². The molecular formula is C24H17KN2O3S2. The molecule has 5 rings (SSSR count). The van der Waals surface area contributed by atoms with Gasteiger partial charge in [0.1, 0.15) is 5.75 Å². The van der Waals surface area contributed by atoms with Crippen LogP contribution in [0.5, 0.6) is 5.75 Å². The van der Waals surface area contributed by atoms with Gasteiger partial charge < -0.3 is 14.5 Å². The van der Waals surface area contributed by atoms with Crippen LogP contribution in [0.2, 0.25) is 0 Å². The minimum atomic E-state index is -0.401. The summed E-state index contributed by atoms with van der Waals surface area (Å²) in [6, 6.07) is 23.6. The van der Waals surface area contributed by atoms with Crippen LogP contribution in [0.3, 0.4) is 0 Å².